The Morgan fingerprint density at radius 1 is 0.912 bits per heavy atom. The molecule has 0 aromatic heterocycles. The van der Waals surface area contributed by atoms with Crippen LogP contribution < -0.4 is 4.90 Å². The summed E-state index contributed by atoms with van der Waals surface area (Å²) >= 11 is 0. The molecule has 0 spiro atoms. The minimum atomic E-state index is -0.0257. The lowest BCUT2D eigenvalue weighted by Gasteiger charge is -2.48. The van der Waals surface area contributed by atoms with E-state index in [9.17, 15) is 10.5 Å². The Labute approximate surface area is 205 Å². The molecule has 0 saturated heterocycles. The molecule has 3 aliphatic rings. The lowest BCUT2D eigenvalue weighted by atomic mass is 9.69. The van der Waals surface area contributed by atoms with Crippen LogP contribution >= 0.6 is 0 Å². The van der Waals surface area contributed by atoms with Crippen molar-refractivity contribution in [1.29, 1.82) is 10.5 Å². The van der Waals surface area contributed by atoms with E-state index in [2.05, 4.69) is 89.8 Å². The van der Waals surface area contributed by atoms with Crippen LogP contribution in [0.3, 0.4) is 0 Å². The second-order valence-corrected chi connectivity index (χ2v) is 12.4. The lowest BCUT2D eigenvalue weighted by molar-refractivity contribution is 0.401. The molecule has 1 aliphatic carbocycles. The highest BCUT2D eigenvalue weighted by Crippen LogP contribution is 2.49. The second kappa shape index (κ2) is 8.32. The maximum absolute atomic E-state index is 9.45. The van der Waals surface area contributed by atoms with Gasteiger partial charge in [0.15, 0.2) is 0 Å². The molecule has 0 amide bonds. The molecule has 3 heteroatoms. The van der Waals surface area contributed by atoms with Crippen molar-refractivity contribution in [2.45, 2.75) is 78.6 Å². The number of allylic oxidation sites excluding steroid dienone is 7. The van der Waals surface area contributed by atoms with Crippen molar-refractivity contribution < 1.29 is 0 Å². The summed E-state index contributed by atoms with van der Waals surface area (Å²) in [6.07, 6.45) is 11.6. The molecule has 2 heterocycles. The zero-order valence-corrected chi connectivity index (χ0v) is 21.8. The molecule has 34 heavy (non-hydrogen) atoms. The fourth-order valence-electron chi connectivity index (χ4n) is 5.40. The standard InChI is InChI=1S/C31H37N3/c1-29(2,3)25-15-21(14-23(18-25)24(19-32)20-33)8-9-22-16-26-28-27(17-22)31(6,7)11-13-34(28)12-10-30(26,4)5/h8-9,14,16-18H,10-13,15H2,1-7H3/b9-8+. The Bertz CT molecular complexity index is 1170. The third kappa shape index (κ3) is 4.37. The van der Waals surface area contributed by atoms with Gasteiger partial charge in [-0.05, 0) is 76.0 Å². The summed E-state index contributed by atoms with van der Waals surface area (Å²) in [5, 5.41) is 18.9. The van der Waals surface area contributed by atoms with Crippen LogP contribution in [0, 0.1) is 28.1 Å². The Morgan fingerprint density at radius 3 is 1.97 bits per heavy atom. The normalized spacial score (nSPS) is 20.7. The number of rotatable bonds is 2. The van der Waals surface area contributed by atoms with Gasteiger partial charge >= 0.3 is 0 Å². The molecule has 1 aromatic carbocycles. The van der Waals surface area contributed by atoms with Gasteiger partial charge in [0.1, 0.15) is 17.7 Å². The van der Waals surface area contributed by atoms with Crippen LogP contribution in [-0.2, 0) is 10.8 Å². The molecule has 4 rings (SSSR count). The molecule has 3 nitrogen and oxygen atoms in total. The van der Waals surface area contributed by atoms with Crippen LogP contribution in [0.2, 0.25) is 0 Å². The van der Waals surface area contributed by atoms with Crippen molar-refractivity contribution in [2.24, 2.45) is 5.41 Å². The van der Waals surface area contributed by atoms with Gasteiger partial charge in [-0.15, -0.1) is 0 Å². The van der Waals surface area contributed by atoms with Gasteiger partial charge in [-0.2, -0.15) is 10.5 Å². The highest BCUT2D eigenvalue weighted by Gasteiger charge is 2.39. The molecular formula is C31H37N3. The number of hydrogen-bond donors (Lipinski definition) is 0. The summed E-state index contributed by atoms with van der Waals surface area (Å²) in [6, 6.07) is 8.91. The van der Waals surface area contributed by atoms with Crippen LogP contribution in [0.25, 0.3) is 6.08 Å². The molecule has 0 unspecified atom stereocenters. The first-order valence-corrected chi connectivity index (χ1v) is 12.4. The SMILES string of the molecule is CC(C)(C)C1=CC(=C(C#N)C#N)C=C(/C=C/c2cc3c4c(c2)C(C)(C)CCN4CCC3(C)C)C1. The number of benzene rings is 1. The summed E-state index contributed by atoms with van der Waals surface area (Å²) < 4.78 is 0. The van der Waals surface area contributed by atoms with Crippen molar-refractivity contribution >= 4 is 11.8 Å². The van der Waals surface area contributed by atoms with Crippen LogP contribution in [0.5, 0.6) is 0 Å². The number of nitrogens with zero attached hydrogens (tertiary/aromatic N) is 3. The van der Waals surface area contributed by atoms with E-state index in [0.717, 1.165) is 30.7 Å². The Kier molecular flexibility index (Phi) is 5.90. The molecule has 0 saturated carbocycles. The van der Waals surface area contributed by atoms with Crippen LogP contribution in [0.4, 0.5) is 5.69 Å². The van der Waals surface area contributed by atoms with E-state index in [1.54, 1.807) is 0 Å². The monoisotopic (exact) mass is 451 g/mol. The van der Waals surface area contributed by atoms with Crippen molar-refractivity contribution in [3.05, 3.63) is 69.3 Å². The van der Waals surface area contributed by atoms with Gasteiger partial charge in [0.2, 0.25) is 0 Å². The third-order valence-corrected chi connectivity index (χ3v) is 7.95. The van der Waals surface area contributed by atoms with Crippen molar-refractivity contribution in [3.8, 4) is 12.1 Å². The fourth-order valence-corrected chi connectivity index (χ4v) is 5.40. The smallest absolute Gasteiger partial charge is 0.136 e. The number of nitriles is 2. The average Bonchev–Trinajstić information content (AvgIpc) is 2.76. The highest BCUT2D eigenvalue weighted by atomic mass is 15.2. The number of hydrogen-bond acceptors (Lipinski definition) is 3. The van der Waals surface area contributed by atoms with E-state index in [-0.39, 0.29) is 21.8 Å². The van der Waals surface area contributed by atoms with E-state index < -0.39 is 0 Å². The molecule has 0 N–H and O–H groups in total. The van der Waals surface area contributed by atoms with E-state index in [1.165, 1.54) is 40.8 Å². The second-order valence-electron chi connectivity index (χ2n) is 12.4. The van der Waals surface area contributed by atoms with E-state index in [4.69, 9.17) is 0 Å². The third-order valence-electron chi connectivity index (χ3n) is 7.95. The molecule has 0 atom stereocenters. The first kappa shape index (κ1) is 24.1. The summed E-state index contributed by atoms with van der Waals surface area (Å²) in [5.74, 6) is 0. The molecule has 2 aliphatic heterocycles. The van der Waals surface area contributed by atoms with Gasteiger partial charge in [0.05, 0.1) is 0 Å². The predicted octanol–water partition coefficient (Wildman–Crippen LogP) is 7.52. The first-order valence-electron chi connectivity index (χ1n) is 12.4. The van der Waals surface area contributed by atoms with Crippen molar-refractivity contribution in [3.63, 3.8) is 0 Å². The molecule has 0 bridgehead atoms. The lowest BCUT2D eigenvalue weighted by Crippen LogP contribution is -2.44. The van der Waals surface area contributed by atoms with Gasteiger partial charge in [0, 0.05) is 24.4 Å². The van der Waals surface area contributed by atoms with Crippen LogP contribution in [0.15, 0.2) is 52.7 Å². The summed E-state index contributed by atoms with van der Waals surface area (Å²) in [5.41, 5.74) is 9.21. The Balaban J connectivity index is 1.79. The molecular weight excluding hydrogens is 414 g/mol. The Hall–Kier alpha value is -3.04. The molecule has 0 fully saturated rings. The van der Waals surface area contributed by atoms with Gasteiger partial charge in [-0.25, -0.2) is 0 Å². The maximum Gasteiger partial charge on any atom is 0.136 e. The zero-order valence-electron chi connectivity index (χ0n) is 21.8. The minimum Gasteiger partial charge on any atom is -0.371 e. The summed E-state index contributed by atoms with van der Waals surface area (Å²) in [7, 11) is 0. The van der Waals surface area contributed by atoms with E-state index >= 15 is 0 Å². The average molecular weight is 452 g/mol. The Morgan fingerprint density at radius 2 is 1.47 bits per heavy atom. The fraction of sp³-hybridized carbons (Fsp3) is 0.484. The van der Waals surface area contributed by atoms with Gasteiger partial charge < -0.3 is 4.90 Å². The van der Waals surface area contributed by atoms with Gasteiger partial charge in [0.25, 0.3) is 0 Å². The van der Waals surface area contributed by atoms with E-state index in [1.807, 2.05) is 12.2 Å². The number of anilines is 1. The van der Waals surface area contributed by atoms with Crippen molar-refractivity contribution in [2.75, 3.05) is 18.0 Å². The maximum atomic E-state index is 9.45. The zero-order chi connectivity index (χ0) is 24.9. The van der Waals surface area contributed by atoms with Crippen molar-refractivity contribution in [1.82, 2.24) is 0 Å². The van der Waals surface area contributed by atoms with Gasteiger partial charge in [-0.1, -0.05) is 72.3 Å². The quantitative estimate of drug-likeness (QED) is 0.437. The molecule has 1 aromatic rings. The largest absolute Gasteiger partial charge is 0.371 e. The summed E-state index contributed by atoms with van der Waals surface area (Å²) in [4.78, 5) is 2.60. The van der Waals surface area contributed by atoms with Crippen LogP contribution in [-0.4, -0.2) is 13.1 Å². The van der Waals surface area contributed by atoms with Gasteiger partial charge in [-0.3, -0.25) is 0 Å². The molecule has 176 valence electrons. The topological polar surface area (TPSA) is 50.8 Å². The summed E-state index contributed by atoms with van der Waals surface area (Å²) in [6.45, 7) is 18.3. The molecule has 0 radical (unpaired) electrons. The highest BCUT2D eigenvalue weighted by molar-refractivity contribution is 5.72. The first-order chi connectivity index (χ1) is 15.9. The predicted molar refractivity (Wildman–Crippen MR) is 141 cm³/mol. The van der Waals surface area contributed by atoms with E-state index in [0.29, 0.717) is 0 Å². The minimum absolute atomic E-state index is 0.0257. The van der Waals surface area contributed by atoms with Crippen LogP contribution in [0.1, 0.15) is 84.4 Å².